The number of rotatable bonds is 5. The molecule has 19 heavy (non-hydrogen) atoms. The molecule has 0 bridgehead atoms. The number of aliphatic hydroxyl groups excluding tert-OH is 1. The zero-order valence-corrected chi connectivity index (χ0v) is 10.5. The van der Waals surface area contributed by atoms with Gasteiger partial charge in [0.1, 0.15) is 0 Å². The third-order valence-electron chi connectivity index (χ3n) is 2.60. The quantitative estimate of drug-likeness (QED) is 0.827. The number of benzene rings is 1. The van der Waals surface area contributed by atoms with E-state index in [9.17, 15) is 9.90 Å². The molecule has 6 nitrogen and oxygen atoms in total. The van der Waals surface area contributed by atoms with Gasteiger partial charge in [0.2, 0.25) is 0 Å². The van der Waals surface area contributed by atoms with Crippen molar-refractivity contribution in [2.45, 2.75) is 19.4 Å². The van der Waals surface area contributed by atoms with E-state index in [-0.39, 0.29) is 18.5 Å². The average molecular weight is 261 g/mol. The lowest BCUT2D eigenvalue weighted by molar-refractivity contribution is 0.0872. The van der Waals surface area contributed by atoms with Crippen LogP contribution in [0.3, 0.4) is 0 Å². The lowest BCUT2D eigenvalue weighted by atomic mass is 10.1. The molecule has 0 saturated heterocycles. The van der Waals surface area contributed by atoms with Crippen molar-refractivity contribution in [3.8, 4) is 0 Å². The van der Waals surface area contributed by atoms with Gasteiger partial charge in [0.25, 0.3) is 0 Å². The second-order valence-electron chi connectivity index (χ2n) is 4.19. The summed E-state index contributed by atoms with van der Waals surface area (Å²) in [6, 6.07) is 9.22. The van der Waals surface area contributed by atoms with Gasteiger partial charge in [-0.1, -0.05) is 35.5 Å². The van der Waals surface area contributed by atoms with Gasteiger partial charge in [-0.05, 0) is 18.9 Å². The van der Waals surface area contributed by atoms with Crippen LogP contribution in [0.2, 0.25) is 0 Å². The molecule has 0 spiro atoms. The van der Waals surface area contributed by atoms with Crippen LogP contribution >= 0.6 is 0 Å². The Morgan fingerprint density at radius 2 is 2.16 bits per heavy atom. The molecule has 1 atom stereocenters. The molecule has 0 aliphatic rings. The molecule has 2 aromatic rings. The standard InChI is InChI=1S/C13H15N3O3/c1-9-14-13(19-16-9)12(18)15-11(8-17)7-10-5-3-2-4-6-10/h2-6,11,17H,7-8H2,1H3,(H,15,18). The first-order valence-corrected chi connectivity index (χ1v) is 5.95. The SMILES string of the molecule is Cc1noc(C(=O)NC(CO)Cc2ccccc2)n1. The van der Waals surface area contributed by atoms with Gasteiger partial charge in [-0.3, -0.25) is 4.79 Å². The highest BCUT2D eigenvalue weighted by molar-refractivity contribution is 5.89. The Morgan fingerprint density at radius 1 is 1.42 bits per heavy atom. The zero-order valence-electron chi connectivity index (χ0n) is 10.5. The minimum Gasteiger partial charge on any atom is -0.394 e. The van der Waals surface area contributed by atoms with Crippen LogP contribution < -0.4 is 5.32 Å². The number of carbonyl (C=O) groups is 1. The lowest BCUT2D eigenvalue weighted by Gasteiger charge is -2.14. The maximum Gasteiger partial charge on any atom is 0.315 e. The summed E-state index contributed by atoms with van der Waals surface area (Å²) in [5.41, 5.74) is 1.03. The van der Waals surface area contributed by atoms with E-state index in [2.05, 4.69) is 15.5 Å². The summed E-state index contributed by atoms with van der Waals surface area (Å²) in [6.07, 6.45) is 0.538. The molecule has 6 heteroatoms. The van der Waals surface area contributed by atoms with Crippen molar-refractivity contribution in [3.63, 3.8) is 0 Å². The van der Waals surface area contributed by atoms with E-state index in [4.69, 9.17) is 4.52 Å². The molecule has 1 amide bonds. The number of nitrogens with zero attached hydrogens (tertiary/aromatic N) is 2. The smallest absolute Gasteiger partial charge is 0.315 e. The van der Waals surface area contributed by atoms with Crippen LogP contribution in [0.25, 0.3) is 0 Å². The number of nitrogens with one attached hydrogen (secondary N) is 1. The highest BCUT2D eigenvalue weighted by Gasteiger charge is 2.18. The number of amides is 1. The van der Waals surface area contributed by atoms with E-state index in [1.54, 1.807) is 6.92 Å². The molecule has 0 fully saturated rings. The molecule has 1 aromatic carbocycles. The van der Waals surface area contributed by atoms with Gasteiger partial charge in [0.15, 0.2) is 5.82 Å². The molecular weight excluding hydrogens is 246 g/mol. The molecule has 0 radical (unpaired) electrons. The van der Waals surface area contributed by atoms with E-state index >= 15 is 0 Å². The Labute approximate surface area is 110 Å². The van der Waals surface area contributed by atoms with Crippen LogP contribution in [0.4, 0.5) is 0 Å². The summed E-state index contributed by atoms with van der Waals surface area (Å²) in [4.78, 5) is 15.6. The highest BCUT2D eigenvalue weighted by atomic mass is 16.5. The van der Waals surface area contributed by atoms with Gasteiger partial charge in [0, 0.05) is 0 Å². The van der Waals surface area contributed by atoms with E-state index in [1.165, 1.54) is 0 Å². The summed E-state index contributed by atoms with van der Waals surface area (Å²) in [7, 11) is 0. The first-order chi connectivity index (χ1) is 9.19. The summed E-state index contributed by atoms with van der Waals surface area (Å²) < 4.78 is 4.77. The van der Waals surface area contributed by atoms with E-state index < -0.39 is 5.91 Å². The monoisotopic (exact) mass is 261 g/mol. The van der Waals surface area contributed by atoms with Crippen molar-refractivity contribution < 1.29 is 14.4 Å². The van der Waals surface area contributed by atoms with Gasteiger partial charge >= 0.3 is 11.8 Å². The maximum atomic E-state index is 11.8. The Hall–Kier alpha value is -2.21. The van der Waals surface area contributed by atoms with Gasteiger partial charge in [-0.25, -0.2) is 0 Å². The Morgan fingerprint density at radius 3 is 2.74 bits per heavy atom. The van der Waals surface area contributed by atoms with E-state index in [1.807, 2.05) is 30.3 Å². The largest absolute Gasteiger partial charge is 0.394 e. The normalized spacial score (nSPS) is 12.1. The molecule has 1 aromatic heterocycles. The molecule has 1 unspecified atom stereocenters. The second kappa shape index (κ2) is 6.10. The third kappa shape index (κ3) is 3.62. The van der Waals surface area contributed by atoms with Crippen LogP contribution in [0.5, 0.6) is 0 Å². The van der Waals surface area contributed by atoms with Crippen molar-refractivity contribution >= 4 is 5.91 Å². The van der Waals surface area contributed by atoms with Crippen LogP contribution in [-0.2, 0) is 6.42 Å². The van der Waals surface area contributed by atoms with Gasteiger partial charge in [-0.2, -0.15) is 4.98 Å². The second-order valence-corrected chi connectivity index (χ2v) is 4.19. The van der Waals surface area contributed by atoms with Gasteiger partial charge in [0.05, 0.1) is 12.6 Å². The van der Waals surface area contributed by atoms with Crippen LogP contribution in [-0.4, -0.2) is 33.8 Å². The molecule has 0 aliphatic heterocycles. The molecule has 2 rings (SSSR count). The van der Waals surface area contributed by atoms with Crippen LogP contribution in [0.15, 0.2) is 34.9 Å². The third-order valence-corrected chi connectivity index (χ3v) is 2.60. The van der Waals surface area contributed by atoms with Crippen molar-refractivity contribution in [3.05, 3.63) is 47.6 Å². The van der Waals surface area contributed by atoms with E-state index in [0.29, 0.717) is 12.2 Å². The minimum absolute atomic E-state index is 0.0935. The summed E-state index contributed by atoms with van der Waals surface area (Å²) >= 11 is 0. The predicted molar refractivity (Wildman–Crippen MR) is 67.5 cm³/mol. The first-order valence-electron chi connectivity index (χ1n) is 5.95. The number of hydrogen-bond donors (Lipinski definition) is 2. The van der Waals surface area contributed by atoms with E-state index in [0.717, 1.165) is 5.56 Å². The van der Waals surface area contributed by atoms with Crippen molar-refractivity contribution in [1.29, 1.82) is 0 Å². The molecule has 100 valence electrons. The van der Waals surface area contributed by atoms with Gasteiger partial charge < -0.3 is 14.9 Å². The van der Waals surface area contributed by atoms with Crippen molar-refractivity contribution in [1.82, 2.24) is 15.5 Å². The Kier molecular flexibility index (Phi) is 4.25. The molecular formula is C13H15N3O3. The molecule has 2 N–H and O–H groups in total. The number of aliphatic hydroxyl groups is 1. The number of aromatic nitrogens is 2. The topological polar surface area (TPSA) is 88.2 Å². The number of carbonyl (C=O) groups excluding carboxylic acids is 1. The fourth-order valence-electron chi connectivity index (χ4n) is 1.70. The molecule has 0 aliphatic carbocycles. The van der Waals surface area contributed by atoms with Crippen molar-refractivity contribution in [2.75, 3.05) is 6.61 Å². The Bertz CT molecular complexity index is 539. The highest BCUT2D eigenvalue weighted by Crippen LogP contribution is 2.04. The summed E-state index contributed by atoms with van der Waals surface area (Å²) in [5, 5.41) is 15.5. The Balaban J connectivity index is 1.97. The maximum absolute atomic E-state index is 11.8. The fourth-order valence-corrected chi connectivity index (χ4v) is 1.70. The first kappa shape index (κ1) is 13.2. The predicted octanol–water partition coefficient (Wildman–Crippen LogP) is 0.711. The number of hydrogen-bond acceptors (Lipinski definition) is 5. The summed E-state index contributed by atoms with van der Waals surface area (Å²) in [5.74, 6) is -0.173. The lowest BCUT2D eigenvalue weighted by Crippen LogP contribution is -2.39. The molecule has 0 saturated carbocycles. The van der Waals surface area contributed by atoms with Crippen LogP contribution in [0, 0.1) is 6.92 Å². The average Bonchev–Trinajstić information content (AvgIpc) is 2.86. The fraction of sp³-hybridized carbons (Fsp3) is 0.308. The minimum atomic E-state index is -0.476. The molecule has 1 heterocycles. The number of aryl methyl sites for hydroxylation is 1. The summed E-state index contributed by atoms with van der Waals surface area (Å²) in [6.45, 7) is 1.47. The van der Waals surface area contributed by atoms with Gasteiger partial charge in [-0.15, -0.1) is 0 Å². The van der Waals surface area contributed by atoms with Crippen LogP contribution in [0.1, 0.15) is 22.1 Å². The van der Waals surface area contributed by atoms with Crippen molar-refractivity contribution in [2.24, 2.45) is 0 Å². The zero-order chi connectivity index (χ0) is 13.7.